The van der Waals surface area contributed by atoms with Gasteiger partial charge in [-0.3, -0.25) is 4.90 Å². The summed E-state index contributed by atoms with van der Waals surface area (Å²) < 4.78 is 0. The third-order valence-electron chi connectivity index (χ3n) is 3.30. The molecule has 2 N–H and O–H groups in total. The second-order valence-corrected chi connectivity index (χ2v) is 4.36. The Morgan fingerprint density at radius 1 is 1.00 bits per heavy atom. The van der Waals surface area contributed by atoms with E-state index in [1.165, 1.54) is 16.3 Å². The van der Waals surface area contributed by atoms with E-state index in [2.05, 4.69) is 49.1 Å². The summed E-state index contributed by atoms with van der Waals surface area (Å²) >= 11 is 0. The first-order valence-corrected chi connectivity index (χ1v) is 6.24. The molecule has 0 bridgehead atoms. The molecule has 2 aromatic carbocycles. The van der Waals surface area contributed by atoms with Crippen LogP contribution in [0.2, 0.25) is 0 Å². The van der Waals surface area contributed by atoms with Crippen LogP contribution < -0.4 is 5.73 Å². The van der Waals surface area contributed by atoms with Crippen molar-refractivity contribution in [3.63, 3.8) is 0 Å². The van der Waals surface area contributed by atoms with E-state index in [1.807, 2.05) is 6.07 Å². The molecule has 0 saturated carbocycles. The molecule has 0 radical (unpaired) electrons. The van der Waals surface area contributed by atoms with Crippen molar-refractivity contribution in [2.45, 2.75) is 20.4 Å². The van der Waals surface area contributed by atoms with Gasteiger partial charge in [0, 0.05) is 12.2 Å². The first-order valence-electron chi connectivity index (χ1n) is 6.24. The molecular weight excluding hydrogens is 208 g/mol. The Hall–Kier alpha value is -1.54. The maximum atomic E-state index is 6.12. The fourth-order valence-corrected chi connectivity index (χ4v) is 2.13. The predicted molar refractivity (Wildman–Crippen MR) is 75.0 cm³/mol. The molecule has 2 nitrogen and oxygen atoms in total. The average molecular weight is 228 g/mol. The molecule has 0 amide bonds. The maximum Gasteiger partial charge on any atom is 0.0366 e. The Labute approximate surface area is 103 Å². The Balaban J connectivity index is 2.37. The molecule has 17 heavy (non-hydrogen) atoms. The Morgan fingerprint density at radius 3 is 2.18 bits per heavy atom. The number of fused-ring (bicyclic) bond motifs is 1. The van der Waals surface area contributed by atoms with Crippen molar-refractivity contribution in [3.05, 3.63) is 42.0 Å². The zero-order chi connectivity index (χ0) is 12.3. The molecule has 0 atom stereocenters. The SMILES string of the molecule is CCN(CC)Cc1cc2ccccc2cc1N. The number of hydrogen-bond acceptors (Lipinski definition) is 2. The van der Waals surface area contributed by atoms with Crippen molar-refractivity contribution in [1.82, 2.24) is 4.90 Å². The van der Waals surface area contributed by atoms with Crippen LogP contribution in [0.4, 0.5) is 5.69 Å². The largest absolute Gasteiger partial charge is 0.398 e. The average Bonchev–Trinajstić information content (AvgIpc) is 2.36. The van der Waals surface area contributed by atoms with E-state index >= 15 is 0 Å². The van der Waals surface area contributed by atoms with E-state index in [4.69, 9.17) is 5.73 Å². The van der Waals surface area contributed by atoms with Gasteiger partial charge in [-0.15, -0.1) is 0 Å². The summed E-state index contributed by atoms with van der Waals surface area (Å²) in [4.78, 5) is 2.38. The highest BCUT2D eigenvalue weighted by atomic mass is 15.1. The van der Waals surface area contributed by atoms with Gasteiger partial charge in [-0.2, -0.15) is 0 Å². The van der Waals surface area contributed by atoms with Gasteiger partial charge in [0.05, 0.1) is 0 Å². The van der Waals surface area contributed by atoms with Crippen LogP contribution in [0, 0.1) is 0 Å². The molecule has 2 rings (SSSR count). The number of nitrogens with zero attached hydrogens (tertiary/aromatic N) is 1. The van der Waals surface area contributed by atoms with Crippen LogP contribution in [0.25, 0.3) is 10.8 Å². The third-order valence-corrected chi connectivity index (χ3v) is 3.30. The molecule has 0 aliphatic heterocycles. The number of anilines is 1. The standard InChI is InChI=1S/C15H20N2/c1-3-17(4-2)11-14-9-12-7-5-6-8-13(12)10-15(14)16/h5-10H,3-4,11,16H2,1-2H3. The van der Waals surface area contributed by atoms with Crippen LogP contribution in [0.3, 0.4) is 0 Å². The molecule has 0 spiro atoms. The van der Waals surface area contributed by atoms with Crippen molar-refractivity contribution in [2.75, 3.05) is 18.8 Å². The minimum absolute atomic E-state index is 0.899. The third kappa shape index (κ3) is 2.59. The van der Waals surface area contributed by atoms with E-state index in [0.717, 1.165) is 25.3 Å². The van der Waals surface area contributed by atoms with E-state index in [9.17, 15) is 0 Å². The van der Waals surface area contributed by atoms with Gasteiger partial charge in [0.25, 0.3) is 0 Å². The van der Waals surface area contributed by atoms with Crippen LogP contribution in [0.5, 0.6) is 0 Å². The van der Waals surface area contributed by atoms with Crippen LogP contribution in [-0.4, -0.2) is 18.0 Å². The fraction of sp³-hybridized carbons (Fsp3) is 0.333. The highest BCUT2D eigenvalue weighted by molar-refractivity contribution is 5.86. The number of benzene rings is 2. The molecule has 0 unspecified atom stereocenters. The minimum atomic E-state index is 0.899. The second-order valence-electron chi connectivity index (χ2n) is 4.36. The molecule has 2 heteroatoms. The molecule has 2 aromatic rings. The number of nitrogen functional groups attached to an aromatic ring is 1. The van der Waals surface area contributed by atoms with Crippen molar-refractivity contribution in [1.29, 1.82) is 0 Å². The van der Waals surface area contributed by atoms with Gasteiger partial charge in [-0.05, 0) is 41.6 Å². The van der Waals surface area contributed by atoms with E-state index < -0.39 is 0 Å². The van der Waals surface area contributed by atoms with E-state index in [0.29, 0.717) is 0 Å². The predicted octanol–water partition coefficient (Wildman–Crippen LogP) is 3.26. The zero-order valence-corrected chi connectivity index (χ0v) is 10.6. The lowest BCUT2D eigenvalue weighted by Crippen LogP contribution is -2.22. The van der Waals surface area contributed by atoms with Gasteiger partial charge < -0.3 is 5.73 Å². The monoisotopic (exact) mass is 228 g/mol. The molecular formula is C15H20N2. The number of rotatable bonds is 4. The fourth-order valence-electron chi connectivity index (χ4n) is 2.13. The molecule has 0 aromatic heterocycles. The van der Waals surface area contributed by atoms with Crippen LogP contribution in [0.1, 0.15) is 19.4 Å². The van der Waals surface area contributed by atoms with Crippen LogP contribution in [-0.2, 0) is 6.54 Å². The van der Waals surface area contributed by atoms with E-state index in [-0.39, 0.29) is 0 Å². The van der Waals surface area contributed by atoms with Gasteiger partial charge in [-0.1, -0.05) is 38.1 Å². The van der Waals surface area contributed by atoms with Gasteiger partial charge in [0.2, 0.25) is 0 Å². The van der Waals surface area contributed by atoms with Crippen molar-refractivity contribution in [2.24, 2.45) is 0 Å². The molecule has 0 fully saturated rings. The Morgan fingerprint density at radius 2 is 1.59 bits per heavy atom. The smallest absolute Gasteiger partial charge is 0.0366 e. The summed E-state index contributed by atoms with van der Waals surface area (Å²) in [5.74, 6) is 0. The molecule has 0 saturated heterocycles. The summed E-state index contributed by atoms with van der Waals surface area (Å²) in [5.41, 5.74) is 8.25. The maximum absolute atomic E-state index is 6.12. The van der Waals surface area contributed by atoms with Gasteiger partial charge in [-0.25, -0.2) is 0 Å². The summed E-state index contributed by atoms with van der Waals surface area (Å²) in [5, 5.41) is 2.48. The molecule has 0 aliphatic carbocycles. The molecule has 90 valence electrons. The Kier molecular flexibility index (Phi) is 3.64. The normalized spacial score (nSPS) is 11.2. The summed E-state index contributed by atoms with van der Waals surface area (Å²) in [6.07, 6.45) is 0. The van der Waals surface area contributed by atoms with Crippen molar-refractivity contribution < 1.29 is 0 Å². The minimum Gasteiger partial charge on any atom is -0.398 e. The Bertz CT molecular complexity index is 501. The lowest BCUT2D eigenvalue weighted by atomic mass is 10.0. The summed E-state index contributed by atoms with van der Waals surface area (Å²) in [6.45, 7) is 7.41. The highest BCUT2D eigenvalue weighted by Gasteiger charge is 2.06. The molecule has 0 heterocycles. The topological polar surface area (TPSA) is 29.3 Å². The van der Waals surface area contributed by atoms with E-state index in [1.54, 1.807) is 0 Å². The van der Waals surface area contributed by atoms with Gasteiger partial charge in [0.15, 0.2) is 0 Å². The van der Waals surface area contributed by atoms with Gasteiger partial charge >= 0.3 is 0 Å². The van der Waals surface area contributed by atoms with Crippen molar-refractivity contribution in [3.8, 4) is 0 Å². The summed E-state index contributed by atoms with van der Waals surface area (Å²) in [6, 6.07) is 12.6. The molecule has 0 aliphatic rings. The summed E-state index contributed by atoms with van der Waals surface area (Å²) in [7, 11) is 0. The van der Waals surface area contributed by atoms with Crippen molar-refractivity contribution >= 4 is 16.5 Å². The first-order chi connectivity index (χ1) is 8.24. The number of hydrogen-bond donors (Lipinski definition) is 1. The lowest BCUT2D eigenvalue weighted by Gasteiger charge is -2.19. The number of nitrogens with two attached hydrogens (primary N) is 1. The highest BCUT2D eigenvalue weighted by Crippen LogP contribution is 2.22. The first kappa shape index (κ1) is 11.9. The second kappa shape index (κ2) is 5.19. The lowest BCUT2D eigenvalue weighted by molar-refractivity contribution is 0.296. The van der Waals surface area contributed by atoms with Crippen LogP contribution >= 0.6 is 0 Å². The quantitative estimate of drug-likeness (QED) is 0.814. The zero-order valence-electron chi connectivity index (χ0n) is 10.6. The van der Waals surface area contributed by atoms with Gasteiger partial charge in [0.1, 0.15) is 0 Å². The van der Waals surface area contributed by atoms with Crippen LogP contribution in [0.15, 0.2) is 36.4 Å².